The standard InChI is InChI=1S/C13H15NO4/c1-2-3-11-8-18-13(17)14(11)10-6-4-9(5-7-10)12(15)16/h4-7,11H,2-3,8H2,1H3,(H,15,16)/t11-/m1/s1. The van der Waals surface area contributed by atoms with E-state index in [2.05, 4.69) is 6.92 Å². The average Bonchev–Trinajstić information content (AvgIpc) is 2.71. The van der Waals surface area contributed by atoms with Crippen LogP contribution < -0.4 is 4.90 Å². The lowest BCUT2D eigenvalue weighted by atomic mass is 10.1. The third-order valence-electron chi connectivity index (χ3n) is 2.98. The Hall–Kier alpha value is -2.04. The Kier molecular flexibility index (Phi) is 3.50. The molecule has 1 saturated heterocycles. The number of carboxylic acids is 1. The van der Waals surface area contributed by atoms with Crippen LogP contribution in [0.4, 0.5) is 10.5 Å². The Labute approximate surface area is 105 Å². The zero-order chi connectivity index (χ0) is 13.1. The minimum Gasteiger partial charge on any atom is -0.478 e. The topological polar surface area (TPSA) is 66.8 Å². The maximum atomic E-state index is 11.7. The molecule has 96 valence electrons. The number of cyclic esters (lactones) is 1. The molecule has 1 aliphatic rings. The maximum absolute atomic E-state index is 11.7. The summed E-state index contributed by atoms with van der Waals surface area (Å²) in [6.45, 7) is 2.45. The van der Waals surface area contributed by atoms with Crippen molar-refractivity contribution in [2.75, 3.05) is 11.5 Å². The summed E-state index contributed by atoms with van der Waals surface area (Å²) in [7, 11) is 0. The molecule has 5 heteroatoms. The van der Waals surface area contributed by atoms with Crippen molar-refractivity contribution in [1.29, 1.82) is 0 Å². The van der Waals surface area contributed by atoms with Gasteiger partial charge in [-0.2, -0.15) is 0 Å². The second-order valence-electron chi connectivity index (χ2n) is 4.24. The minimum atomic E-state index is -0.976. The Morgan fingerprint density at radius 3 is 2.67 bits per heavy atom. The molecule has 0 aromatic heterocycles. The molecule has 1 aromatic carbocycles. The molecule has 5 nitrogen and oxygen atoms in total. The zero-order valence-corrected chi connectivity index (χ0v) is 10.1. The van der Waals surface area contributed by atoms with Crippen molar-refractivity contribution in [2.45, 2.75) is 25.8 Å². The van der Waals surface area contributed by atoms with Crippen molar-refractivity contribution < 1.29 is 19.4 Å². The molecule has 0 unspecified atom stereocenters. The molecule has 0 aliphatic carbocycles. The zero-order valence-electron chi connectivity index (χ0n) is 10.1. The predicted octanol–water partition coefficient (Wildman–Crippen LogP) is 2.51. The molecule has 1 fully saturated rings. The molecule has 2 rings (SSSR count). The normalized spacial score (nSPS) is 18.8. The fourth-order valence-electron chi connectivity index (χ4n) is 2.09. The number of rotatable bonds is 4. The highest BCUT2D eigenvalue weighted by Crippen LogP contribution is 2.25. The van der Waals surface area contributed by atoms with E-state index in [0.29, 0.717) is 12.3 Å². The quantitative estimate of drug-likeness (QED) is 0.890. The van der Waals surface area contributed by atoms with E-state index in [1.807, 2.05) is 0 Å². The van der Waals surface area contributed by atoms with Crippen LogP contribution in [-0.2, 0) is 4.74 Å². The first-order valence-electron chi connectivity index (χ1n) is 5.93. The Morgan fingerprint density at radius 1 is 1.44 bits per heavy atom. The van der Waals surface area contributed by atoms with Crippen molar-refractivity contribution in [2.24, 2.45) is 0 Å². The molecular weight excluding hydrogens is 234 g/mol. The van der Waals surface area contributed by atoms with Crippen LogP contribution in [0.5, 0.6) is 0 Å². The average molecular weight is 249 g/mol. The van der Waals surface area contributed by atoms with Crippen LogP contribution in [0.25, 0.3) is 0 Å². The summed E-state index contributed by atoms with van der Waals surface area (Å²) in [5.74, 6) is -0.976. The number of carboxylic acid groups (broad SMARTS) is 1. The maximum Gasteiger partial charge on any atom is 0.414 e. The van der Waals surface area contributed by atoms with Gasteiger partial charge in [0.1, 0.15) is 6.61 Å². The highest BCUT2D eigenvalue weighted by atomic mass is 16.6. The van der Waals surface area contributed by atoms with Gasteiger partial charge in [0.2, 0.25) is 0 Å². The SMILES string of the molecule is CCC[C@@H]1COC(=O)N1c1ccc(C(=O)O)cc1. The fraction of sp³-hybridized carbons (Fsp3) is 0.385. The molecule has 18 heavy (non-hydrogen) atoms. The summed E-state index contributed by atoms with van der Waals surface area (Å²) in [6, 6.07) is 6.30. The summed E-state index contributed by atoms with van der Waals surface area (Å²) in [6.07, 6.45) is 1.47. The summed E-state index contributed by atoms with van der Waals surface area (Å²) < 4.78 is 5.03. The smallest absolute Gasteiger partial charge is 0.414 e. The van der Waals surface area contributed by atoms with Gasteiger partial charge in [-0.05, 0) is 30.7 Å². The van der Waals surface area contributed by atoms with E-state index in [9.17, 15) is 9.59 Å². The number of amides is 1. The van der Waals surface area contributed by atoms with E-state index in [1.54, 1.807) is 17.0 Å². The Morgan fingerprint density at radius 2 is 2.11 bits per heavy atom. The number of nitrogens with zero attached hydrogens (tertiary/aromatic N) is 1. The van der Waals surface area contributed by atoms with Crippen molar-refractivity contribution in [3.8, 4) is 0 Å². The highest BCUT2D eigenvalue weighted by molar-refractivity contribution is 5.92. The largest absolute Gasteiger partial charge is 0.478 e. The lowest BCUT2D eigenvalue weighted by Crippen LogP contribution is -2.33. The summed E-state index contributed by atoms with van der Waals surface area (Å²) in [4.78, 5) is 24.0. The van der Waals surface area contributed by atoms with E-state index >= 15 is 0 Å². The van der Waals surface area contributed by atoms with Gasteiger partial charge in [-0.3, -0.25) is 4.90 Å². The molecule has 0 radical (unpaired) electrons. The molecule has 1 heterocycles. The molecule has 0 bridgehead atoms. The first-order chi connectivity index (χ1) is 8.63. The second kappa shape index (κ2) is 5.08. The van der Waals surface area contributed by atoms with Crippen molar-refractivity contribution in [3.63, 3.8) is 0 Å². The van der Waals surface area contributed by atoms with E-state index in [1.165, 1.54) is 12.1 Å². The molecule has 1 atom stereocenters. The molecule has 1 amide bonds. The third kappa shape index (κ3) is 2.30. The number of carbonyl (C=O) groups is 2. The monoisotopic (exact) mass is 249 g/mol. The van der Waals surface area contributed by atoms with Crippen LogP contribution in [0.2, 0.25) is 0 Å². The molecule has 1 N–H and O–H groups in total. The molecule has 0 spiro atoms. The summed E-state index contributed by atoms with van der Waals surface area (Å²) in [5, 5.41) is 8.82. The van der Waals surface area contributed by atoms with Crippen LogP contribution >= 0.6 is 0 Å². The van der Waals surface area contributed by atoms with Gasteiger partial charge in [0, 0.05) is 5.69 Å². The Bertz CT molecular complexity index is 455. The van der Waals surface area contributed by atoms with Gasteiger partial charge in [-0.1, -0.05) is 13.3 Å². The van der Waals surface area contributed by atoms with Crippen molar-refractivity contribution in [3.05, 3.63) is 29.8 Å². The summed E-state index contributed by atoms with van der Waals surface area (Å²) >= 11 is 0. The predicted molar refractivity (Wildman–Crippen MR) is 65.9 cm³/mol. The second-order valence-corrected chi connectivity index (χ2v) is 4.24. The van der Waals surface area contributed by atoms with Gasteiger partial charge in [-0.25, -0.2) is 9.59 Å². The number of benzene rings is 1. The lowest BCUT2D eigenvalue weighted by molar-refractivity contribution is 0.0697. The third-order valence-corrected chi connectivity index (χ3v) is 2.98. The summed E-state index contributed by atoms with van der Waals surface area (Å²) in [5.41, 5.74) is 0.888. The fourth-order valence-corrected chi connectivity index (χ4v) is 2.09. The van der Waals surface area contributed by atoms with Gasteiger partial charge in [-0.15, -0.1) is 0 Å². The van der Waals surface area contributed by atoms with Gasteiger partial charge in [0.05, 0.1) is 11.6 Å². The van der Waals surface area contributed by atoms with Crippen LogP contribution in [0.1, 0.15) is 30.1 Å². The van der Waals surface area contributed by atoms with Crippen LogP contribution in [-0.4, -0.2) is 29.8 Å². The minimum absolute atomic E-state index is 0.0400. The Balaban J connectivity index is 2.23. The molecule has 1 aromatic rings. The van der Waals surface area contributed by atoms with Gasteiger partial charge < -0.3 is 9.84 Å². The number of aromatic carboxylic acids is 1. The number of hydrogen-bond donors (Lipinski definition) is 1. The first-order valence-corrected chi connectivity index (χ1v) is 5.93. The van der Waals surface area contributed by atoms with E-state index in [-0.39, 0.29) is 17.7 Å². The van der Waals surface area contributed by atoms with Crippen LogP contribution in [0.15, 0.2) is 24.3 Å². The number of hydrogen-bond acceptors (Lipinski definition) is 3. The number of ether oxygens (including phenoxy) is 1. The van der Waals surface area contributed by atoms with Gasteiger partial charge in [0.15, 0.2) is 0 Å². The van der Waals surface area contributed by atoms with Crippen molar-refractivity contribution >= 4 is 17.7 Å². The van der Waals surface area contributed by atoms with Crippen molar-refractivity contribution in [1.82, 2.24) is 0 Å². The van der Waals surface area contributed by atoms with Crippen LogP contribution in [0.3, 0.4) is 0 Å². The molecule has 0 saturated carbocycles. The number of anilines is 1. The van der Waals surface area contributed by atoms with Gasteiger partial charge in [0.25, 0.3) is 0 Å². The number of carbonyl (C=O) groups excluding carboxylic acids is 1. The van der Waals surface area contributed by atoms with Gasteiger partial charge >= 0.3 is 12.1 Å². The van der Waals surface area contributed by atoms with E-state index < -0.39 is 5.97 Å². The highest BCUT2D eigenvalue weighted by Gasteiger charge is 2.33. The first kappa shape index (κ1) is 12.4. The van der Waals surface area contributed by atoms with Crippen LogP contribution in [0, 0.1) is 0 Å². The van der Waals surface area contributed by atoms with E-state index in [0.717, 1.165) is 12.8 Å². The van der Waals surface area contributed by atoms with E-state index in [4.69, 9.17) is 9.84 Å². The lowest BCUT2D eigenvalue weighted by Gasteiger charge is -2.20. The molecule has 1 aliphatic heterocycles. The molecular formula is C13H15NO4.